The number of hydrogen-bond acceptors (Lipinski definition) is 4. The Bertz CT molecular complexity index is 898. The minimum absolute atomic E-state index is 0.0263. The topological polar surface area (TPSA) is 59.8 Å². The van der Waals surface area contributed by atoms with Crippen LogP contribution in [0.4, 0.5) is 0 Å². The molecule has 0 aliphatic heterocycles. The van der Waals surface area contributed by atoms with Crippen molar-refractivity contribution in [3.63, 3.8) is 0 Å². The SMILES string of the molecule is CCCCNC(=O)Cc1csc(-n2nc(C)c(Cc3ccccc3)c2C)n1. The fourth-order valence-corrected chi connectivity index (χ4v) is 3.85. The van der Waals surface area contributed by atoms with Gasteiger partial charge < -0.3 is 5.32 Å². The summed E-state index contributed by atoms with van der Waals surface area (Å²) in [5.41, 5.74) is 5.42. The Balaban J connectivity index is 1.73. The molecule has 0 aliphatic rings. The molecule has 0 saturated carbocycles. The zero-order valence-corrected chi connectivity index (χ0v) is 17.0. The molecule has 1 amide bonds. The first-order valence-electron chi connectivity index (χ1n) is 9.39. The van der Waals surface area contributed by atoms with Crippen LogP contribution in [0.5, 0.6) is 0 Å². The molecule has 0 saturated heterocycles. The van der Waals surface area contributed by atoms with Gasteiger partial charge in [0.25, 0.3) is 0 Å². The molecule has 1 aromatic carbocycles. The van der Waals surface area contributed by atoms with Crippen LogP contribution in [0.15, 0.2) is 35.7 Å². The molecule has 0 fully saturated rings. The lowest BCUT2D eigenvalue weighted by Gasteiger charge is -2.03. The van der Waals surface area contributed by atoms with Crippen molar-refractivity contribution in [2.24, 2.45) is 0 Å². The van der Waals surface area contributed by atoms with Crippen LogP contribution >= 0.6 is 11.3 Å². The number of amides is 1. The van der Waals surface area contributed by atoms with Gasteiger partial charge in [-0.15, -0.1) is 11.3 Å². The average Bonchev–Trinajstić information content (AvgIpc) is 3.22. The number of aryl methyl sites for hydroxylation is 1. The number of nitrogens with one attached hydrogen (secondary N) is 1. The maximum atomic E-state index is 12.0. The van der Waals surface area contributed by atoms with Gasteiger partial charge in [0.1, 0.15) is 0 Å². The Morgan fingerprint density at radius 1 is 1.22 bits per heavy atom. The highest BCUT2D eigenvalue weighted by molar-refractivity contribution is 7.12. The second kappa shape index (κ2) is 8.95. The van der Waals surface area contributed by atoms with Crippen molar-refractivity contribution in [2.45, 2.75) is 46.5 Å². The molecule has 0 unspecified atom stereocenters. The summed E-state index contributed by atoms with van der Waals surface area (Å²) >= 11 is 1.52. The zero-order valence-electron chi connectivity index (χ0n) is 16.2. The summed E-state index contributed by atoms with van der Waals surface area (Å²) in [6, 6.07) is 10.4. The van der Waals surface area contributed by atoms with Gasteiger partial charge in [-0.05, 0) is 25.8 Å². The average molecular weight is 383 g/mol. The van der Waals surface area contributed by atoms with Crippen molar-refractivity contribution in [1.29, 1.82) is 0 Å². The van der Waals surface area contributed by atoms with Crippen LogP contribution in [-0.2, 0) is 17.6 Å². The second-order valence-electron chi connectivity index (χ2n) is 6.73. The third-order valence-electron chi connectivity index (χ3n) is 4.58. The summed E-state index contributed by atoms with van der Waals surface area (Å²) in [7, 11) is 0. The molecular formula is C21H26N4OS. The molecule has 3 rings (SSSR count). The number of hydrogen-bond donors (Lipinski definition) is 1. The maximum absolute atomic E-state index is 12.0. The van der Waals surface area contributed by atoms with E-state index in [1.54, 1.807) is 0 Å². The molecular weight excluding hydrogens is 356 g/mol. The Morgan fingerprint density at radius 3 is 2.74 bits per heavy atom. The molecule has 5 nitrogen and oxygen atoms in total. The third-order valence-corrected chi connectivity index (χ3v) is 5.44. The fraction of sp³-hybridized carbons (Fsp3) is 0.381. The van der Waals surface area contributed by atoms with Gasteiger partial charge in [-0.1, -0.05) is 43.7 Å². The number of nitrogens with zero attached hydrogens (tertiary/aromatic N) is 3. The lowest BCUT2D eigenvalue weighted by atomic mass is 10.0. The van der Waals surface area contributed by atoms with Crippen molar-refractivity contribution in [3.05, 3.63) is 63.9 Å². The predicted octanol–water partition coefficient (Wildman–Crippen LogP) is 4.00. The van der Waals surface area contributed by atoms with E-state index < -0.39 is 0 Å². The Hall–Kier alpha value is -2.47. The van der Waals surface area contributed by atoms with Crippen LogP contribution in [0.2, 0.25) is 0 Å². The zero-order chi connectivity index (χ0) is 19.2. The number of rotatable bonds is 8. The first-order valence-corrected chi connectivity index (χ1v) is 10.3. The molecule has 2 aromatic heterocycles. The summed E-state index contributed by atoms with van der Waals surface area (Å²) in [6.07, 6.45) is 3.25. The number of carbonyl (C=O) groups is 1. The molecule has 27 heavy (non-hydrogen) atoms. The van der Waals surface area contributed by atoms with Crippen LogP contribution in [0.1, 0.15) is 48.0 Å². The van der Waals surface area contributed by atoms with E-state index in [1.165, 1.54) is 22.5 Å². The van der Waals surface area contributed by atoms with E-state index in [-0.39, 0.29) is 5.91 Å². The summed E-state index contributed by atoms with van der Waals surface area (Å²) in [4.78, 5) is 16.6. The number of unbranched alkanes of at least 4 members (excludes halogenated alkanes) is 1. The van der Waals surface area contributed by atoms with Gasteiger partial charge in [-0.25, -0.2) is 9.67 Å². The minimum atomic E-state index is 0.0263. The summed E-state index contributed by atoms with van der Waals surface area (Å²) in [5, 5.41) is 10.4. The van der Waals surface area contributed by atoms with Gasteiger partial charge in [-0.2, -0.15) is 5.10 Å². The van der Waals surface area contributed by atoms with E-state index in [9.17, 15) is 4.79 Å². The quantitative estimate of drug-likeness (QED) is 0.599. The van der Waals surface area contributed by atoms with E-state index in [0.717, 1.165) is 48.0 Å². The van der Waals surface area contributed by atoms with Crippen molar-refractivity contribution in [1.82, 2.24) is 20.1 Å². The van der Waals surface area contributed by atoms with Crippen molar-refractivity contribution < 1.29 is 4.79 Å². The molecule has 6 heteroatoms. The molecule has 1 N–H and O–H groups in total. The predicted molar refractivity (Wildman–Crippen MR) is 110 cm³/mol. The molecule has 0 atom stereocenters. The van der Waals surface area contributed by atoms with Crippen molar-refractivity contribution in [2.75, 3.05) is 6.54 Å². The Kier molecular flexibility index (Phi) is 6.40. The number of aromatic nitrogens is 3. The molecule has 3 aromatic rings. The van der Waals surface area contributed by atoms with Crippen LogP contribution in [0, 0.1) is 13.8 Å². The van der Waals surface area contributed by atoms with E-state index in [4.69, 9.17) is 5.10 Å². The molecule has 142 valence electrons. The van der Waals surface area contributed by atoms with Gasteiger partial charge in [0.15, 0.2) is 0 Å². The monoisotopic (exact) mass is 382 g/mol. The van der Waals surface area contributed by atoms with Crippen LogP contribution in [-0.4, -0.2) is 27.2 Å². The molecule has 0 radical (unpaired) electrons. The van der Waals surface area contributed by atoms with E-state index in [0.29, 0.717) is 6.42 Å². The fourth-order valence-electron chi connectivity index (χ4n) is 3.02. The minimum Gasteiger partial charge on any atom is -0.356 e. The van der Waals surface area contributed by atoms with E-state index in [1.807, 2.05) is 23.1 Å². The van der Waals surface area contributed by atoms with Crippen molar-refractivity contribution in [3.8, 4) is 5.13 Å². The second-order valence-corrected chi connectivity index (χ2v) is 7.56. The van der Waals surface area contributed by atoms with Crippen LogP contribution < -0.4 is 5.32 Å². The van der Waals surface area contributed by atoms with Crippen LogP contribution in [0.3, 0.4) is 0 Å². The first-order chi connectivity index (χ1) is 13.1. The third kappa shape index (κ3) is 4.83. The van der Waals surface area contributed by atoms with Gasteiger partial charge in [0.05, 0.1) is 17.8 Å². The van der Waals surface area contributed by atoms with Gasteiger partial charge in [-0.3, -0.25) is 4.79 Å². The largest absolute Gasteiger partial charge is 0.356 e. The number of benzene rings is 1. The summed E-state index contributed by atoms with van der Waals surface area (Å²) in [5.74, 6) is 0.0263. The van der Waals surface area contributed by atoms with Gasteiger partial charge in [0.2, 0.25) is 11.0 Å². The van der Waals surface area contributed by atoms with E-state index in [2.05, 4.69) is 48.4 Å². The highest BCUT2D eigenvalue weighted by atomic mass is 32.1. The Labute approximate surface area is 164 Å². The molecule has 0 spiro atoms. The summed E-state index contributed by atoms with van der Waals surface area (Å²) in [6.45, 7) is 6.96. The highest BCUT2D eigenvalue weighted by Gasteiger charge is 2.16. The molecule has 0 bridgehead atoms. The van der Waals surface area contributed by atoms with Crippen molar-refractivity contribution >= 4 is 17.2 Å². The number of thiazole rings is 1. The Morgan fingerprint density at radius 2 is 2.00 bits per heavy atom. The number of carbonyl (C=O) groups excluding carboxylic acids is 1. The molecule has 0 aliphatic carbocycles. The first kappa shape index (κ1) is 19.3. The lowest BCUT2D eigenvalue weighted by Crippen LogP contribution is -2.26. The lowest BCUT2D eigenvalue weighted by molar-refractivity contribution is -0.120. The molecule has 2 heterocycles. The standard InChI is InChI=1S/C21H26N4OS/c1-4-5-11-22-20(26)13-18-14-27-21(23-18)25-16(3)19(15(2)24-25)12-17-9-7-6-8-10-17/h6-10,14H,4-5,11-13H2,1-3H3,(H,22,26). The summed E-state index contributed by atoms with van der Waals surface area (Å²) < 4.78 is 1.90. The smallest absolute Gasteiger partial charge is 0.226 e. The van der Waals surface area contributed by atoms with Gasteiger partial charge >= 0.3 is 0 Å². The normalized spacial score (nSPS) is 10.9. The van der Waals surface area contributed by atoms with Crippen LogP contribution in [0.25, 0.3) is 5.13 Å². The van der Waals surface area contributed by atoms with E-state index >= 15 is 0 Å². The highest BCUT2D eigenvalue weighted by Crippen LogP contribution is 2.23. The van der Waals surface area contributed by atoms with Gasteiger partial charge in [0, 0.05) is 29.6 Å². The maximum Gasteiger partial charge on any atom is 0.226 e.